The lowest BCUT2D eigenvalue weighted by atomic mass is 9.88. The summed E-state index contributed by atoms with van der Waals surface area (Å²) in [4.78, 5) is 0. The number of benzene rings is 1. The van der Waals surface area contributed by atoms with Crippen molar-refractivity contribution in [1.29, 1.82) is 0 Å². The van der Waals surface area contributed by atoms with Gasteiger partial charge in [-0.05, 0) is 37.6 Å². The van der Waals surface area contributed by atoms with Crippen LogP contribution in [-0.4, -0.2) is 20.3 Å². The second kappa shape index (κ2) is 5.95. The molecule has 1 saturated heterocycles. The van der Waals surface area contributed by atoms with Crippen LogP contribution in [0.5, 0.6) is 0 Å². The van der Waals surface area contributed by atoms with Gasteiger partial charge >= 0.3 is 0 Å². The van der Waals surface area contributed by atoms with Crippen LogP contribution in [-0.2, 0) is 4.74 Å². The quantitative estimate of drug-likeness (QED) is 0.855. The van der Waals surface area contributed by atoms with E-state index in [4.69, 9.17) is 16.3 Å². The Labute approximate surface area is 110 Å². The van der Waals surface area contributed by atoms with E-state index in [1.165, 1.54) is 6.07 Å². The van der Waals surface area contributed by atoms with Crippen molar-refractivity contribution in [3.05, 3.63) is 34.4 Å². The van der Waals surface area contributed by atoms with Crippen molar-refractivity contribution < 1.29 is 13.5 Å². The average molecular weight is 276 g/mol. The normalized spacial score (nSPS) is 21.9. The molecule has 2 rings (SSSR count). The van der Waals surface area contributed by atoms with Crippen molar-refractivity contribution >= 4 is 11.6 Å². The molecular formula is C13H16ClF2NO. The van der Waals surface area contributed by atoms with Crippen molar-refractivity contribution in [3.8, 4) is 0 Å². The Morgan fingerprint density at radius 1 is 1.39 bits per heavy atom. The summed E-state index contributed by atoms with van der Waals surface area (Å²) in [6, 6.07) is 2.08. The van der Waals surface area contributed by atoms with Gasteiger partial charge in [-0.15, -0.1) is 0 Å². The molecule has 0 bridgehead atoms. The van der Waals surface area contributed by atoms with Crippen LogP contribution in [0.4, 0.5) is 8.78 Å². The van der Waals surface area contributed by atoms with E-state index in [0.29, 0.717) is 12.2 Å². The third kappa shape index (κ3) is 2.82. The highest BCUT2D eigenvalue weighted by Crippen LogP contribution is 2.33. The van der Waals surface area contributed by atoms with Gasteiger partial charge in [-0.3, -0.25) is 0 Å². The lowest BCUT2D eigenvalue weighted by Gasteiger charge is -2.30. The summed E-state index contributed by atoms with van der Waals surface area (Å²) < 4.78 is 31.8. The van der Waals surface area contributed by atoms with E-state index in [1.54, 1.807) is 7.05 Å². The first kappa shape index (κ1) is 13.7. The molecular weight excluding hydrogens is 260 g/mol. The van der Waals surface area contributed by atoms with E-state index in [9.17, 15) is 8.78 Å². The van der Waals surface area contributed by atoms with Crippen molar-refractivity contribution in [2.75, 3.05) is 20.3 Å². The molecule has 1 aromatic carbocycles. The molecule has 18 heavy (non-hydrogen) atoms. The highest BCUT2D eigenvalue weighted by molar-refractivity contribution is 6.31. The molecule has 1 aromatic rings. The molecule has 1 heterocycles. The van der Waals surface area contributed by atoms with Crippen LogP contribution >= 0.6 is 11.6 Å². The number of ether oxygens (including phenoxy) is 1. The first-order valence-electron chi connectivity index (χ1n) is 6.03. The van der Waals surface area contributed by atoms with Crippen LogP contribution in [0, 0.1) is 17.6 Å². The Balaban J connectivity index is 2.28. The van der Waals surface area contributed by atoms with Crippen molar-refractivity contribution in [1.82, 2.24) is 5.32 Å². The first-order chi connectivity index (χ1) is 8.63. The zero-order valence-electron chi connectivity index (χ0n) is 10.2. The minimum absolute atomic E-state index is 0.118. The first-order valence-corrected chi connectivity index (χ1v) is 6.40. The molecule has 2 nitrogen and oxygen atoms in total. The van der Waals surface area contributed by atoms with Crippen LogP contribution in [0.15, 0.2) is 12.1 Å². The average Bonchev–Trinajstić information content (AvgIpc) is 2.38. The minimum Gasteiger partial charge on any atom is -0.381 e. The fourth-order valence-electron chi connectivity index (χ4n) is 2.45. The van der Waals surface area contributed by atoms with Gasteiger partial charge in [-0.2, -0.15) is 0 Å². The molecule has 2 unspecified atom stereocenters. The third-order valence-corrected chi connectivity index (χ3v) is 3.68. The number of hydrogen-bond donors (Lipinski definition) is 1. The molecule has 0 amide bonds. The van der Waals surface area contributed by atoms with Gasteiger partial charge in [0, 0.05) is 23.6 Å². The molecule has 1 fully saturated rings. The van der Waals surface area contributed by atoms with E-state index in [1.807, 2.05) is 0 Å². The minimum atomic E-state index is -0.918. The van der Waals surface area contributed by atoms with Gasteiger partial charge in [0.05, 0.1) is 6.61 Å². The maximum absolute atomic E-state index is 13.3. The van der Waals surface area contributed by atoms with Gasteiger partial charge in [-0.1, -0.05) is 11.6 Å². The lowest BCUT2D eigenvalue weighted by molar-refractivity contribution is 0.0401. The number of rotatable bonds is 3. The second-order valence-corrected chi connectivity index (χ2v) is 4.94. The Kier molecular flexibility index (Phi) is 4.54. The smallest absolute Gasteiger partial charge is 0.160 e. The highest BCUT2D eigenvalue weighted by atomic mass is 35.5. The molecule has 2 atom stereocenters. The molecule has 5 heteroatoms. The van der Waals surface area contributed by atoms with Crippen LogP contribution in [0.25, 0.3) is 0 Å². The van der Waals surface area contributed by atoms with E-state index in [0.717, 1.165) is 25.5 Å². The topological polar surface area (TPSA) is 21.3 Å². The molecule has 0 spiro atoms. The number of hydrogen-bond acceptors (Lipinski definition) is 2. The van der Waals surface area contributed by atoms with Crippen molar-refractivity contribution in [2.45, 2.75) is 18.9 Å². The summed E-state index contributed by atoms with van der Waals surface area (Å²) in [7, 11) is 1.79. The predicted molar refractivity (Wildman–Crippen MR) is 66.7 cm³/mol. The molecule has 0 aromatic heterocycles. The van der Waals surface area contributed by atoms with E-state index < -0.39 is 11.6 Å². The number of nitrogens with one attached hydrogen (secondary N) is 1. The second-order valence-electron chi connectivity index (χ2n) is 4.53. The van der Waals surface area contributed by atoms with Gasteiger partial charge in [0.15, 0.2) is 11.6 Å². The van der Waals surface area contributed by atoms with Crippen molar-refractivity contribution in [3.63, 3.8) is 0 Å². The highest BCUT2D eigenvalue weighted by Gasteiger charge is 2.27. The largest absolute Gasteiger partial charge is 0.381 e. The van der Waals surface area contributed by atoms with Crippen LogP contribution in [0.1, 0.15) is 24.4 Å². The van der Waals surface area contributed by atoms with E-state index in [2.05, 4.69) is 5.32 Å². The summed E-state index contributed by atoms with van der Waals surface area (Å²) >= 11 is 6.01. The summed E-state index contributed by atoms with van der Waals surface area (Å²) in [6.45, 7) is 1.37. The van der Waals surface area contributed by atoms with Gasteiger partial charge in [-0.25, -0.2) is 8.78 Å². The SMILES string of the molecule is CNC(c1cc(F)c(F)cc1Cl)C1CCCOC1. The maximum Gasteiger partial charge on any atom is 0.160 e. The van der Waals surface area contributed by atoms with E-state index >= 15 is 0 Å². The van der Waals surface area contributed by atoms with Gasteiger partial charge < -0.3 is 10.1 Å². The summed E-state index contributed by atoms with van der Waals surface area (Å²) in [6.07, 6.45) is 1.96. The summed E-state index contributed by atoms with van der Waals surface area (Å²) in [5, 5.41) is 3.37. The number of halogens is 3. The Morgan fingerprint density at radius 3 is 2.72 bits per heavy atom. The van der Waals surface area contributed by atoms with Crippen molar-refractivity contribution in [2.24, 2.45) is 5.92 Å². The summed E-state index contributed by atoms with van der Waals surface area (Å²) in [5.74, 6) is -1.56. The molecule has 1 N–H and O–H groups in total. The Bertz CT molecular complexity index is 422. The van der Waals surface area contributed by atoms with Gasteiger partial charge in [0.25, 0.3) is 0 Å². The van der Waals surface area contributed by atoms with Crippen LogP contribution in [0.2, 0.25) is 5.02 Å². The fourth-order valence-corrected chi connectivity index (χ4v) is 2.72. The molecule has 0 aliphatic carbocycles. The molecule has 0 radical (unpaired) electrons. The van der Waals surface area contributed by atoms with Crippen LogP contribution < -0.4 is 5.32 Å². The molecule has 100 valence electrons. The molecule has 1 aliphatic heterocycles. The Hall–Kier alpha value is -0.710. The standard InChI is InChI=1S/C13H16ClF2NO/c1-17-13(8-3-2-4-18-7-8)9-5-11(15)12(16)6-10(9)14/h5-6,8,13,17H,2-4,7H2,1H3. The Morgan fingerprint density at radius 2 is 2.11 bits per heavy atom. The monoisotopic (exact) mass is 275 g/mol. The zero-order chi connectivity index (χ0) is 13.1. The molecule has 1 aliphatic rings. The summed E-state index contributed by atoms with van der Waals surface area (Å²) in [5.41, 5.74) is 0.591. The van der Waals surface area contributed by atoms with E-state index in [-0.39, 0.29) is 17.0 Å². The zero-order valence-corrected chi connectivity index (χ0v) is 10.9. The fraction of sp³-hybridized carbons (Fsp3) is 0.538. The maximum atomic E-state index is 13.3. The third-order valence-electron chi connectivity index (χ3n) is 3.35. The molecule has 0 saturated carbocycles. The van der Waals surface area contributed by atoms with Gasteiger partial charge in [0.1, 0.15) is 0 Å². The van der Waals surface area contributed by atoms with Gasteiger partial charge in [0.2, 0.25) is 0 Å². The van der Waals surface area contributed by atoms with Crippen LogP contribution in [0.3, 0.4) is 0 Å². The predicted octanol–water partition coefficient (Wildman–Crippen LogP) is 3.31. The lowest BCUT2D eigenvalue weighted by Crippen LogP contribution is -2.31.